The fraction of sp³-hybridized carbons (Fsp3) is 0.636. The summed E-state index contributed by atoms with van der Waals surface area (Å²) in [5, 5.41) is 6.99. The number of aliphatic imine (C=N–C) groups is 1. The summed E-state index contributed by atoms with van der Waals surface area (Å²) in [6.07, 6.45) is 3.94. The van der Waals surface area contributed by atoms with Crippen molar-refractivity contribution in [2.24, 2.45) is 10.9 Å². The molecule has 154 valence electrons. The minimum absolute atomic E-state index is 0.244. The molecule has 1 aromatic rings. The van der Waals surface area contributed by atoms with Crippen molar-refractivity contribution in [3.05, 3.63) is 35.9 Å². The molecule has 2 unspecified atom stereocenters. The average Bonchev–Trinajstić information content (AvgIpc) is 3.39. The van der Waals surface area contributed by atoms with Crippen molar-refractivity contribution >= 4 is 11.9 Å². The fourth-order valence-corrected chi connectivity index (χ4v) is 4.17. The Balaban J connectivity index is 1.35. The van der Waals surface area contributed by atoms with E-state index in [0.29, 0.717) is 18.4 Å². The van der Waals surface area contributed by atoms with Crippen LogP contribution < -0.4 is 10.6 Å². The van der Waals surface area contributed by atoms with Crippen LogP contribution in [0.1, 0.15) is 31.7 Å². The van der Waals surface area contributed by atoms with Gasteiger partial charge in [0.05, 0.1) is 0 Å². The number of likely N-dealkylation sites (tertiary alicyclic amines) is 2. The van der Waals surface area contributed by atoms with Gasteiger partial charge in [-0.3, -0.25) is 9.79 Å². The van der Waals surface area contributed by atoms with Gasteiger partial charge in [-0.1, -0.05) is 37.3 Å². The first-order chi connectivity index (χ1) is 13.7. The SMILES string of the molecule is CCC(=O)N1CCC(NC(=NC)NCC2CCN(CCc3ccccc3)C2)C1. The normalized spacial score (nSPS) is 23.2. The van der Waals surface area contributed by atoms with Gasteiger partial charge in [0.15, 0.2) is 5.96 Å². The van der Waals surface area contributed by atoms with Gasteiger partial charge in [-0.25, -0.2) is 0 Å². The van der Waals surface area contributed by atoms with E-state index in [9.17, 15) is 4.79 Å². The number of carbonyl (C=O) groups is 1. The zero-order valence-electron chi connectivity index (χ0n) is 17.4. The van der Waals surface area contributed by atoms with E-state index in [1.165, 1.54) is 18.5 Å². The maximum Gasteiger partial charge on any atom is 0.222 e. The summed E-state index contributed by atoms with van der Waals surface area (Å²) in [7, 11) is 1.82. The molecule has 0 spiro atoms. The lowest BCUT2D eigenvalue weighted by molar-refractivity contribution is -0.129. The van der Waals surface area contributed by atoms with Gasteiger partial charge in [0.1, 0.15) is 0 Å². The number of guanidine groups is 1. The Morgan fingerprint density at radius 1 is 1.18 bits per heavy atom. The number of nitrogens with one attached hydrogen (secondary N) is 2. The van der Waals surface area contributed by atoms with E-state index in [1.54, 1.807) is 0 Å². The second-order valence-electron chi connectivity index (χ2n) is 7.97. The number of hydrogen-bond donors (Lipinski definition) is 2. The third-order valence-electron chi connectivity index (χ3n) is 5.90. The number of amides is 1. The second kappa shape index (κ2) is 10.5. The predicted molar refractivity (Wildman–Crippen MR) is 114 cm³/mol. The average molecular weight is 386 g/mol. The quantitative estimate of drug-likeness (QED) is 0.554. The largest absolute Gasteiger partial charge is 0.356 e. The molecule has 6 heteroatoms. The molecule has 1 aromatic carbocycles. The van der Waals surface area contributed by atoms with Crippen molar-refractivity contribution in [3.63, 3.8) is 0 Å². The molecule has 2 aliphatic heterocycles. The molecule has 1 amide bonds. The summed E-state index contributed by atoms with van der Waals surface area (Å²) in [5.74, 6) is 1.77. The molecule has 6 nitrogen and oxygen atoms in total. The lowest BCUT2D eigenvalue weighted by Gasteiger charge is -2.20. The Hall–Kier alpha value is -2.08. The molecular weight excluding hydrogens is 350 g/mol. The Bertz CT molecular complexity index is 648. The van der Waals surface area contributed by atoms with Crippen molar-refractivity contribution in [1.82, 2.24) is 20.4 Å². The predicted octanol–water partition coefficient (Wildman–Crippen LogP) is 1.73. The Kier molecular flexibility index (Phi) is 7.71. The van der Waals surface area contributed by atoms with E-state index in [1.807, 2.05) is 18.9 Å². The van der Waals surface area contributed by atoms with E-state index in [2.05, 4.69) is 50.9 Å². The molecular formula is C22H35N5O. The number of benzene rings is 1. The molecule has 2 atom stereocenters. The summed E-state index contributed by atoms with van der Waals surface area (Å²) in [4.78, 5) is 20.7. The van der Waals surface area contributed by atoms with Crippen molar-refractivity contribution in [1.29, 1.82) is 0 Å². The van der Waals surface area contributed by atoms with Crippen LogP contribution in [0, 0.1) is 5.92 Å². The second-order valence-corrected chi connectivity index (χ2v) is 7.97. The van der Waals surface area contributed by atoms with Crippen molar-refractivity contribution in [3.8, 4) is 0 Å². The van der Waals surface area contributed by atoms with Crippen LogP contribution in [0.4, 0.5) is 0 Å². The van der Waals surface area contributed by atoms with Crippen LogP contribution in [-0.2, 0) is 11.2 Å². The molecule has 0 radical (unpaired) electrons. The smallest absolute Gasteiger partial charge is 0.222 e. The zero-order valence-corrected chi connectivity index (χ0v) is 17.4. The van der Waals surface area contributed by atoms with Gasteiger partial charge in [0, 0.05) is 52.2 Å². The molecule has 0 aromatic heterocycles. The number of carbonyl (C=O) groups excluding carboxylic acids is 1. The van der Waals surface area contributed by atoms with E-state index in [0.717, 1.165) is 51.5 Å². The molecule has 2 aliphatic rings. The first kappa shape index (κ1) is 20.6. The van der Waals surface area contributed by atoms with Gasteiger partial charge in [0.25, 0.3) is 0 Å². The minimum Gasteiger partial charge on any atom is -0.356 e. The standard InChI is InChI=1S/C22H35N5O/c1-3-21(28)27-14-11-20(17-27)25-22(23-2)24-15-19-10-13-26(16-19)12-9-18-7-5-4-6-8-18/h4-8,19-20H,3,9-17H2,1-2H3,(H2,23,24,25). The highest BCUT2D eigenvalue weighted by Gasteiger charge is 2.26. The lowest BCUT2D eigenvalue weighted by Crippen LogP contribution is -2.46. The van der Waals surface area contributed by atoms with Crippen LogP contribution in [0.5, 0.6) is 0 Å². The van der Waals surface area contributed by atoms with Gasteiger partial charge < -0.3 is 20.4 Å². The molecule has 0 bridgehead atoms. The zero-order chi connectivity index (χ0) is 19.8. The van der Waals surface area contributed by atoms with Crippen LogP contribution in [0.2, 0.25) is 0 Å². The van der Waals surface area contributed by atoms with Gasteiger partial charge in [-0.15, -0.1) is 0 Å². The molecule has 2 N–H and O–H groups in total. The van der Waals surface area contributed by atoms with Crippen molar-refractivity contribution in [2.45, 2.75) is 38.6 Å². The molecule has 2 saturated heterocycles. The molecule has 0 saturated carbocycles. The summed E-state index contributed by atoms with van der Waals surface area (Å²) in [6, 6.07) is 11.0. The van der Waals surface area contributed by atoms with Crippen LogP contribution in [-0.4, -0.2) is 74.0 Å². The molecule has 0 aliphatic carbocycles. The maximum atomic E-state index is 11.8. The monoisotopic (exact) mass is 385 g/mol. The third-order valence-corrected chi connectivity index (χ3v) is 5.90. The molecule has 3 rings (SSSR count). The Morgan fingerprint density at radius 3 is 2.75 bits per heavy atom. The fourth-order valence-electron chi connectivity index (χ4n) is 4.17. The van der Waals surface area contributed by atoms with Gasteiger partial charge in [-0.2, -0.15) is 0 Å². The summed E-state index contributed by atoms with van der Waals surface area (Å²) in [6.45, 7) is 7.97. The lowest BCUT2D eigenvalue weighted by atomic mass is 10.1. The van der Waals surface area contributed by atoms with Crippen LogP contribution >= 0.6 is 0 Å². The van der Waals surface area contributed by atoms with Crippen LogP contribution in [0.15, 0.2) is 35.3 Å². The third kappa shape index (κ3) is 5.96. The highest BCUT2D eigenvalue weighted by Crippen LogP contribution is 2.16. The highest BCUT2D eigenvalue weighted by molar-refractivity contribution is 5.80. The maximum absolute atomic E-state index is 11.8. The summed E-state index contributed by atoms with van der Waals surface area (Å²) in [5.41, 5.74) is 1.42. The molecule has 28 heavy (non-hydrogen) atoms. The minimum atomic E-state index is 0.244. The first-order valence-corrected chi connectivity index (χ1v) is 10.7. The van der Waals surface area contributed by atoms with Crippen LogP contribution in [0.3, 0.4) is 0 Å². The van der Waals surface area contributed by atoms with Gasteiger partial charge in [-0.05, 0) is 37.3 Å². The van der Waals surface area contributed by atoms with Gasteiger partial charge in [0.2, 0.25) is 5.91 Å². The summed E-state index contributed by atoms with van der Waals surface area (Å²) < 4.78 is 0. The Labute approximate surface area is 169 Å². The topological polar surface area (TPSA) is 60.0 Å². The highest BCUT2D eigenvalue weighted by atomic mass is 16.2. The number of rotatable bonds is 7. The number of hydrogen-bond acceptors (Lipinski definition) is 3. The van der Waals surface area contributed by atoms with Crippen molar-refractivity contribution in [2.75, 3.05) is 46.3 Å². The van der Waals surface area contributed by atoms with E-state index in [4.69, 9.17) is 0 Å². The van der Waals surface area contributed by atoms with Crippen molar-refractivity contribution < 1.29 is 4.79 Å². The summed E-state index contributed by atoms with van der Waals surface area (Å²) >= 11 is 0. The van der Waals surface area contributed by atoms with Gasteiger partial charge >= 0.3 is 0 Å². The van der Waals surface area contributed by atoms with E-state index in [-0.39, 0.29) is 5.91 Å². The van der Waals surface area contributed by atoms with E-state index >= 15 is 0 Å². The van der Waals surface area contributed by atoms with E-state index < -0.39 is 0 Å². The van der Waals surface area contributed by atoms with Crippen LogP contribution in [0.25, 0.3) is 0 Å². The Morgan fingerprint density at radius 2 is 2.00 bits per heavy atom. The number of nitrogens with zero attached hydrogens (tertiary/aromatic N) is 3. The molecule has 2 heterocycles. The molecule has 2 fully saturated rings. The first-order valence-electron chi connectivity index (χ1n) is 10.7.